The highest BCUT2D eigenvalue weighted by molar-refractivity contribution is 7.99. The van der Waals surface area contributed by atoms with Crippen molar-refractivity contribution < 1.29 is 20.2 Å². The first-order chi connectivity index (χ1) is 10.1. The number of nitrogens with one attached hydrogen (secondary N) is 1. The van der Waals surface area contributed by atoms with Crippen molar-refractivity contribution in [1.82, 2.24) is 0 Å². The number of nitro groups is 1. The molecule has 21 heavy (non-hydrogen) atoms. The van der Waals surface area contributed by atoms with Crippen molar-refractivity contribution in [3.05, 3.63) is 21.7 Å². The van der Waals surface area contributed by atoms with Gasteiger partial charge in [-0.3, -0.25) is 10.1 Å². The minimum Gasteiger partial charge on any atom is -0.396 e. The quantitative estimate of drug-likeness (QED) is 0.188. The van der Waals surface area contributed by atoms with E-state index in [1.807, 2.05) is 0 Å². The minimum atomic E-state index is -0.554. The molecular formula is C12H19N3O5S. The van der Waals surface area contributed by atoms with Crippen LogP contribution in [0, 0.1) is 10.1 Å². The van der Waals surface area contributed by atoms with Gasteiger partial charge in [-0.25, -0.2) is 0 Å². The van der Waals surface area contributed by atoms with Gasteiger partial charge in [0.2, 0.25) is 0 Å². The molecule has 0 bridgehead atoms. The Labute approximate surface area is 126 Å². The maximum atomic E-state index is 11.3. The van der Waals surface area contributed by atoms with E-state index in [0.29, 0.717) is 16.2 Å². The summed E-state index contributed by atoms with van der Waals surface area (Å²) in [5.74, 6) is 0.403. The third-order valence-corrected chi connectivity index (χ3v) is 3.74. The number of thioether (sulfide) groups is 1. The van der Waals surface area contributed by atoms with Crippen LogP contribution in [0.1, 0.15) is 5.56 Å². The third kappa shape index (κ3) is 4.46. The van der Waals surface area contributed by atoms with Gasteiger partial charge in [0.1, 0.15) is 5.69 Å². The Balaban J connectivity index is 3.36. The molecule has 0 saturated heterocycles. The molecule has 9 heteroatoms. The predicted molar refractivity (Wildman–Crippen MR) is 81.7 cm³/mol. The van der Waals surface area contributed by atoms with Crippen LogP contribution in [0.15, 0.2) is 11.0 Å². The normalized spacial score (nSPS) is 10.6. The second kappa shape index (κ2) is 8.67. The van der Waals surface area contributed by atoms with E-state index in [4.69, 9.17) is 21.1 Å². The average Bonchev–Trinajstić information content (AvgIpc) is 2.45. The largest absolute Gasteiger partial charge is 0.396 e. The molecule has 1 aromatic rings. The fourth-order valence-corrected chi connectivity index (χ4v) is 2.66. The van der Waals surface area contributed by atoms with Gasteiger partial charge in [0.15, 0.2) is 0 Å². The zero-order chi connectivity index (χ0) is 15.8. The number of nitrogens with two attached hydrogens (primary N) is 1. The molecule has 0 amide bonds. The van der Waals surface area contributed by atoms with E-state index in [-0.39, 0.29) is 49.8 Å². The van der Waals surface area contributed by atoms with E-state index in [9.17, 15) is 10.1 Å². The Morgan fingerprint density at radius 1 is 1.29 bits per heavy atom. The fraction of sp³-hybridized carbons (Fsp3) is 0.500. The summed E-state index contributed by atoms with van der Waals surface area (Å²) in [5.41, 5.74) is 6.47. The lowest BCUT2D eigenvalue weighted by atomic mass is 10.1. The smallest absolute Gasteiger partial charge is 0.297 e. The lowest BCUT2D eigenvalue weighted by molar-refractivity contribution is -0.384. The van der Waals surface area contributed by atoms with E-state index in [1.54, 1.807) is 6.07 Å². The van der Waals surface area contributed by atoms with Crippen LogP contribution in [0.25, 0.3) is 0 Å². The summed E-state index contributed by atoms with van der Waals surface area (Å²) < 4.78 is 0. The lowest BCUT2D eigenvalue weighted by Gasteiger charge is -2.15. The molecule has 0 saturated carbocycles. The number of aliphatic hydroxyl groups is 3. The summed E-state index contributed by atoms with van der Waals surface area (Å²) in [7, 11) is 0. The van der Waals surface area contributed by atoms with Gasteiger partial charge in [-0.1, -0.05) is 0 Å². The van der Waals surface area contributed by atoms with Crippen LogP contribution in [0.5, 0.6) is 0 Å². The van der Waals surface area contributed by atoms with Gasteiger partial charge in [0.05, 0.1) is 23.8 Å². The van der Waals surface area contributed by atoms with Crippen molar-refractivity contribution in [2.45, 2.75) is 11.3 Å². The third-order valence-electron chi connectivity index (χ3n) is 2.71. The Morgan fingerprint density at radius 3 is 2.52 bits per heavy atom. The maximum absolute atomic E-state index is 11.3. The van der Waals surface area contributed by atoms with Gasteiger partial charge in [-0.05, 0) is 6.07 Å². The Morgan fingerprint density at radius 2 is 2.00 bits per heavy atom. The number of nitrogens with zero attached hydrogens (tertiary/aromatic N) is 1. The van der Waals surface area contributed by atoms with Crippen LogP contribution < -0.4 is 11.1 Å². The van der Waals surface area contributed by atoms with Gasteiger partial charge in [-0.15, -0.1) is 11.8 Å². The van der Waals surface area contributed by atoms with Crippen LogP contribution in [0.2, 0.25) is 0 Å². The number of nitrogen functional groups attached to an aromatic ring is 1. The molecule has 1 rings (SSSR count). The van der Waals surface area contributed by atoms with Gasteiger partial charge in [-0.2, -0.15) is 0 Å². The zero-order valence-corrected chi connectivity index (χ0v) is 12.2. The highest BCUT2D eigenvalue weighted by atomic mass is 32.2. The predicted octanol–water partition coefficient (Wildman–Crippen LogP) is 0.200. The van der Waals surface area contributed by atoms with Crippen molar-refractivity contribution in [3.8, 4) is 0 Å². The van der Waals surface area contributed by atoms with Gasteiger partial charge in [0.25, 0.3) is 5.69 Å². The molecule has 0 unspecified atom stereocenters. The summed E-state index contributed by atoms with van der Waals surface area (Å²) in [4.78, 5) is 11.3. The summed E-state index contributed by atoms with van der Waals surface area (Å²) >= 11 is 1.27. The molecule has 0 heterocycles. The molecule has 1 aromatic carbocycles. The lowest BCUT2D eigenvalue weighted by Crippen LogP contribution is -2.12. The first-order valence-electron chi connectivity index (χ1n) is 6.35. The van der Waals surface area contributed by atoms with Crippen LogP contribution >= 0.6 is 11.8 Å². The Hall–Kier alpha value is -1.55. The molecule has 0 spiro atoms. The van der Waals surface area contributed by atoms with Crippen molar-refractivity contribution in [2.24, 2.45) is 0 Å². The number of hydrogen-bond donors (Lipinski definition) is 5. The first kappa shape index (κ1) is 17.5. The van der Waals surface area contributed by atoms with E-state index in [2.05, 4.69) is 5.32 Å². The Bertz CT molecular complexity index is 498. The number of benzene rings is 1. The van der Waals surface area contributed by atoms with Gasteiger partial charge < -0.3 is 26.4 Å². The molecule has 8 nitrogen and oxygen atoms in total. The van der Waals surface area contributed by atoms with E-state index in [0.717, 1.165) is 0 Å². The maximum Gasteiger partial charge on any atom is 0.297 e. The van der Waals surface area contributed by atoms with Crippen LogP contribution in [0.4, 0.5) is 17.1 Å². The molecule has 6 N–H and O–H groups in total. The van der Waals surface area contributed by atoms with Crippen molar-refractivity contribution in [3.63, 3.8) is 0 Å². The Kier molecular flexibility index (Phi) is 7.23. The van der Waals surface area contributed by atoms with E-state index < -0.39 is 4.92 Å². The average molecular weight is 317 g/mol. The van der Waals surface area contributed by atoms with Crippen LogP contribution in [0.3, 0.4) is 0 Å². The molecule has 0 aliphatic carbocycles. The van der Waals surface area contributed by atoms with Gasteiger partial charge in [0, 0.05) is 35.8 Å². The number of rotatable bonds is 9. The molecule has 0 fully saturated rings. The number of anilines is 2. The number of hydrogen-bond acceptors (Lipinski definition) is 8. The number of aliphatic hydroxyl groups excluding tert-OH is 3. The van der Waals surface area contributed by atoms with Crippen molar-refractivity contribution in [1.29, 1.82) is 0 Å². The number of nitro benzene ring substituents is 1. The summed E-state index contributed by atoms with van der Waals surface area (Å²) in [6, 6.07) is 1.56. The first-order valence-corrected chi connectivity index (χ1v) is 7.34. The summed E-state index contributed by atoms with van der Waals surface area (Å²) in [5, 5.41) is 40.9. The molecule has 0 aliphatic rings. The molecular weight excluding hydrogens is 298 g/mol. The van der Waals surface area contributed by atoms with Crippen LogP contribution in [-0.2, 0) is 6.42 Å². The monoisotopic (exact) mass is 317 g/mol. The molecule has 0 atom stereocenters. The standard InChI is InChI=1S/C12H19N3O5S/c13-10-9(21-6-5-18)7-8(1-3-16)12(15(19)20)11(10)14-2-4-17/h7,14,16-18H,1-6,13H2. The summed E-state index contributed by atoms with van der Waals surface area (Å²) in [6.45, 7) is -0.345. The summed E-state index contributed by atoms with van der Waals surface area (Å²) in [6.07, 6.45) is 0.122. The second-order valence-corrected chi connectivity index (χ2v) is 5.26. The van der Waals surface area contributed by atoms with Crippen molar-refractivity contribution >= 4 is 28.8 Å². The van der Waals surface area contributed by atoms with Crippen LogP contribution in [-0.4, -0.2) is 52.4 Å². The van der Waals surface area contributed by atoms with Crippen molar-refractivity contribution in [2.75, 3.05) is 43.2 Å². The molecule has 0 radical (unpaired) electrons. The molecule has 0 aromatic heterocycles. The molecule has 0 aliphatic heterocycles. The minimum absolute atomic E-state index is 0.0458. The second-order valence-electron chi connectivity index (χ2n) is 4.12. The highest BCUT2D eigenvalue weighted by Crippen LogP contribution is 2.41. The van der Waals surface area contributed by atoms with Gasteiger partial charge >= 0.3 is 0 Å². The van der Waals surface area contributed by atoms with E-state index in [1.165, 1.54) is 11.8 Å². The molecule has 118 valence electrons. The SMILES string of the molecule is Nc1c(SCCO)cc(CCO)c([N+](=O)[O-])c1NCCO. The fourth-order valence-electron chi connectivity index (χ4n) is 1.87. The topological polar surface area (TPSA) is 142 Å². The zero-order valence-electron chi connectivity index (χ0n) is 11.4. The van der Waals surface area contributed by atoms with E-state index >= 15 is 0 Å². The highest BCUT2D eigenvalue weighted by Gasteiger charge is 2.24.